The maximum absolute atomic E-state index is 15.5. The van der Waals surface area contributed by atoms with Gasteiger partial charge in [-0.05, 0) is 62.1 Å². The van der Waals surface area contributed by atoms with E-state index in [0.29, 0.717) is 32.7 Å². The number of fused-ring (bicyclic) bond motifs is 1. The highest BCUT2D eigenvalue weighted by Crippen LogP contribution is 2.50. The Morgan fingerprint density at radius 1 is 1.10 bits per heavy atom. The number of pyridine rings is 1. The van der Waals surface area contributed by atoms with Crippen molar-refractivity contribution in [1.29, 1.82) is 0 Å². The number of esters is 1. The summed E-state index contributed by atoms with van der Waals surface area (Å²) in [6.07, 6.45) is 2.24. The van der Waals surface area contributed by atoms with E-state index in [1.165, 1.54) is 12.7 Å². The van der Waals surface area contributed by atoms with E-state index in [2.05, 4.69) is 21.4 Å². The normalized spacial score (nSPS) is 20.3. The smallest absolute Gasteiger partial charge is 0.306 e. The maximum Gasteiger partial charge on any atom is 0.306 e. The molecule has 3 aromatic rings. The lowest BCUT2D eigenvalue weighted by molar-refractivity contribution is -0.159. The molecule has 0 unspecified atom stereocenters. The van der Waals surface area contributed by atoms with Gasteiger partial charge in [-0.3, -0.25) is 14.6 Å². The monoisotopic (exact) mass is 564 g/mol. The number of methoxy groups -OCH3 is 1. The van der Waals surface area contributed by atoms with Crippen LogP contribution in [0.25, 0.3) is 5.69 Å². The van der Waals surface area contributed by atoms with Crippen molar-refractivity contribution in [2.24, 2.45) is 5.41 Å². The number of hydrogen-bond donors (Lipinski definition) is 1. The van der Waals surface area contributed by atoms with Crippen molar-refractivity contribution in [3.63, 3.8) is 0 Å². The quantitative estimate of drug-likeness (QED) is 0.408. The lowest BCUT2D eigenvalue weighted by Crippen LogP contribution is -2.64. The summed E-state index contributed by atoms with van der Waals surface area (Å²) >= 11 is 0. The van der Waals surface area contributed by atoms with E-state index >= 15 is 8.78 Å². The highest BCUT2D eigenvalue weighted by molar-refractivity contribution is 5.70. The zero-order valence-corrected chi connectivity index (χ0v) is 24.0. The summed E-state index contributed by atoms with van der Waals surface area (Å²) in [4.78, 5) is 21.0. The molecule has 2 saturated heterocycles. The van der Waals surface area contributed by atoms with Gasteiger partial charge >= 0.3 is 5.97 Å². The Kier molecular flexibility index (Phi) is 7.32. The SMILES string of the molecule is COC(=O)C[C@H](CN1CC(F)(F)C2(C1)CN(Cc1ccc3c(n1)NCCC3)C2)c1cccc(-n2nc(C)cc2C)c1. The number of aryl methyl sites for hydroxylation is 3. The minimum absolute atomic E-state index is 0.121. The van der Waals surface area contributed by atoms with Crippen LogP contribution in [0, 0.1) is 19.3 Å². The van der Waals surface area contributed by atoms with Gasteiger partial charge in [0.2, 0.25) is 0 Å². The largest absolute Gasteiger partial charge is 0.469 e. The van der Waals surface area contributed by atoms with E-state index in [9.17, 15) is 4.79 Å². The molecular formula is C31H38F2N6O2. The van der Waals surface area contributed by atoms with Gasteiger partial charge in [-0.2, -0.15) is 5.10 Å². The van der Waals surface area contributed by atoms with Crippen molar-refractivity contribution in [1.82, 2.24) is 24.6 Å². The van der Waals surface area contributed by atoms with Crippen molar-refractivity contribution in [2.45, 2.75) is 51.5 Å². The number of carbonyl (C=O) groups excluding carboxylic acids is 1. The van der Waals surface area contributed by atoms with Crippen LogP contribution in [-0.4, -0.2) is 82.8 Å². The standard InChI is InChI=1S/C31H38F2N6O2/c1-21-12-22(2)39(36-21)27-8-4-6-24(13-27)25(14-28(40)41-3)15-37-17-30(31(32,33)20-37)18-38(19-30)16-26-10-9-23-7-5-11-34-29(23)35-26/h4,6,8-10,12-13,25H,5,7,11,14-20H2,1-3H3,(H,34,35)/t25-/m1/s1. The summed E-state index contributed by atoms with van der Waals surface area (Å²) in [6, 6.07) is 14.0. The summed E-state index contributed by atoms with van der Waals surface area (Å²) in [5, 5.41) is 7.93. The molecule has 0 saturated carbocycles. The molecule has 6 rings (SSSR count). The van der Waals surface area contributed by atoms with Crippen LogP contribution < -0.4 is 5.32 Å². The number of anilines is 1. The van der Waals surface area contributed by atoms with Crippen LogP contribution >= 0.6 is 0 Å². The molecule has 2 aromatic heterocycles. The van der Waals surface area contributed by atoms with Crippen LogP contribution in [-0.2, 0) is 22.5 Å². The Morgan fingerprint density at radius 2 is 1.90 bits per heavy atom. The summed E-state index contributed by atoms with van der Waals surface area (Å²) in [5.74, 6) is -2.52. The van der Waals surface area contributed by atoms with Crippen molar-refractivity contribution in [2.75, 3.05) is 51.7 Å². The van der Waals surface area contributed by atoms with Gasteiger partial charge in [-0.25, -0.2) is 18.4 Å². The zero-order chi connectivity index (χ0) is 28.8. The van der Waals surface area contributed by atoms with Gasteiger partial charge in [0, 0.05) is 50.9 Å². The van der Waals surface area contributed by atoms with Crippen LogP contribution in [0.15, 0.2) is 42.5 Å². The predicted molar refractivity (Wildman–Crippen MR) is 153 cm³/mol. The molecule has 10 heteroatoms. The molecule has 0 bridgehead atoms. The Morgan fingerprint density at radius 3 is 2.66 bits per heavy atom. The molecule has 218 valence electrons. The van der Waals surface area contributed by atoms with Gasteiger partial charge < -0.3 is 10.1 Å². The van der Waals surface area contributed by atoms with E-state index in [1.54, 1.807) is 0 Å². The summed E-state index contributed by atoms with van der Waals surface area (Å²) in [6.45, 7) is 6.42. The van der Waals surface area contributed by atoms with Crippen molar-refractivity contribution < 1.29 is 18.3 Å². The third kappa shape index (κ3) is 5.47. The highest BCUT2D eigenvalue weighted by atomic mass is 19.3. The average molecular weight is 565 g/mol. The lowest BCUT2D eigenvalue weighted by atomic mass is 9.76. The molecule has 41 heavy (non-hydrogen) atoms. The number of carbonyl (C=O) groups is 1. The van der Waals surface area contributed by atoms with Crippen LogP contribution in [0.1, 0.15) is 47.0 Å². The average Bonchev–Trinajstić information content (AvgIpc) is 3.41. The number of nitrogens with one attached hydrogen (secondary N) is 1. The van der Waals surface area contributed by atoms with E-state index in [0.717, 1.165) is 53.5 Å². The fourth-order valence-corrected chi connectivity index (χ4v) is 6.80. The Labute approximate surface area is 239 Å². The van der Waals surface area contributed by atoms with E-state index in [1.807, 2.05) is 59.8 Å². The minimum atomic E-state index is -2.81. The van der Waals surface area contributed by atoms with Gasteiger partial charge in [0.05, 0.1) is 42.6 Å². The number of alkyl halides is 2. The number of nitrogens with zero attached hydrogens (tertiary/aromatic N) is 5. The molecule has 0 aliphatic carbocycles. The molecule has 2 fully saturated rings. The second-order valence-corrected chi connectivity index (χ2v) is 12.1. The first-order valence-corrected chi connectivity index (χ1v) is 14.4. The molecule has 8 nitrogen and oxygen atoms in total. The number of rotatable bonds is 8. The zero-order valence-electron chi connectivity index (χ0n) is 24.0. The van der Waals surface area contributed by atoms with Crippen LogP contribution in [0.5, 0.6) is 0 Å². The number of hydrogen-bond acceptors (Lipinski definition) is 7. The summed E-state index contributed by atoms with van der Waals surface area (Å²) in [7, 11) is 1.36. The number of aromatic nitrogens is 3. The fourth-order valence-electron chi connectivity index (χ4n) is 6.80. The van der Waals surface area contributed by atoms with Crippen LogP contribution in [0.3, 0.4) is 0 Å². The maximum atomic E-state index is 15.5. The van der Waals surface area contributed by atoms with Gasteiger partial charge in [-0.15, -0.1) is 0 Å². The molecule has 5 heterocycles. The molecular weight excluding hydrogens is 526 g/mol. The predicted octanol–water partition coefficient (Wildman–Crippen LogP) is 4.34. The van der Waals surface area contributed by atoms with Crippen LogP contribution in [0.4, 0.5) is 14.6 Å². The van der Waals surface area contributed by atoms with Crippen molar-refractivity contribution >= 4 is 11.8 Å². The molecule has 1 atom stereocenters. The first-order chi connectivity index (χ1) is 19.6. The third-order valence-electron chi connectivity index (χ3n) is 8.83. The minimum Gasteiger partial charge on any atom is -0.469 e. The molecule has 1 aromatic carbocycles. The first-order valence-electron chi connectivity index (χ1n) is 14.4. The third-order valence-corrected chi connectivity index (χ3v) is 8.83. The Balaban J connectivity index is 1.15. The van der Waals surface area contributed by atoms with Gasteiger partial charge in [0.25, 0.3) is 5.92 Å². The lowest BCUT2D eigenvalue weighted by Gasteiger charge is -2.50. The second-order valence-electron chi connectivity index (χ2n) is 12.1. The number of benzene rings is 1. The topological polar surface area (TPSA) is 75.5 Å². The van der Waals surface area contributed by atoms with Crippen molar-refractivity contribution in [3.8, 4) is 5.69 Å². The van der Waals surface area contributed by atoms with Gasteiger partial charge in [0.15, 0.2) is 0 Å². The number of likely N-dealkylation sites (tertiary alicyclic amines) is 2. The van der Waals surface area contributed by atoms with E-state index in [-0.39, 0.29) is 24.9 Å². The molecule has 3 aliphatic rings. The Bertz CT molecular complexity index is 1430. The molecule has 1 spiro atoms. The second kappa shape index (κ2) is 10.8. The molecule has 0 radical (unpaired) electrons. The number of halogens is 2. The fraction of sp³-hybridized carbons (Fsp3) is 0.516. The highest BCUT2D eigenvalue weighted by Gasteiger charge is 2.65. The van der Waals surface area contributed by atoms with Crippen molar-refractivity contribution in [3.05, 3.63) is 70.7 Å². The van der Waals surface area contributed by atoms with Gasteiger partial charge in [0.1, 0.15) is 5.82 Å². The summed E-state index contributed by atoms with van der Waals surface area (Å²) < 4.78 is 37.9. The van der Waals surface area contributed by atoms with Gasteiger partial charge in [-0.1, -0.05) is 18.2 Å². The number of ether oxygens (including phenoxy) is 1. The summed E-state index contributed by atoms with van der Waals surface area (Å²) in [5.41, 5.74) is 4.76. The molecule has 3 aliphatic heterocycles. The Hall–Kier alpha value is -3.37. The first kappa shape index (κ1) is 27.8. The molecule has 0 amide bonds. The molecule has 1 N–H and O–H groups in total. The van der Waals surface area contributed by atoms with E-state index in [4.69, 9.17) is 9.72 Å². The van der Waals surface area contributed by atoms with Crippen LogP contribution in [0.2, 0.25) is 0 Å². The van der Waals surface area contributed by atoms with E-state index < -0.39 is 11.3 Å².